The van der Waals surface area contributed by atoms with Crippen molar-refractivity contribution in [1.29, 1.82) is 0 Å². The van der Waals surface area contributed by atoms with Crippen molar-refractivity contribution in [3.63, 3.8) is 0 Å². The Morgan fingerprint density at radius 1 is 1.39 bits per heavy atom. The number of hydrogen-bond acceptors (Lipinski definition) is 3. The molecule has 4 heteroatoms. The summed E-state index contributed by atoms with van der Waals surface area (Å²) in [5.74, 6) is 0.769. The van der Waals surface area contributed by atoms with Crippen molar-refractivity contribution in [3.05, 3.63) is 44.9 Å². The van der Waals surface area contributed by atoms with Gasteiger partial charge in [-0.15, -0.1) is 5.10 Å². The van der Waals surface area contributed by atoms with E-state index in [-0.39, 0.29) is 5.41 Å². The fraction of sp³-hybridized carbons (Fsp3) is 0.429. The average molecular weight is 323 g/mol. The van der Waals surface area contributed by atoms with Gasteiger partial charge in [-0.05, 0) is 54.9 Å². The van der Waals surface area contributed by atoms with Crippen LogP contribution in [-0.4, -0.2) is 9.59 Å². The van der Waals surface area contributed by atoms with Crippen LogP contribution in [-0.2, 0) is 5.41 Å². The Kier molecular flexibility index (Phi) is 3.02. The summed E-state index contributed by atoms with van der Waals surface area (Å²) < 4.78 is 5.26. The van der Waals surface area contributed by atoms with E-state index in [2.05, 4.69) is 63.6 Å². The van der Waals surface area contributed by atoms with Gasteiger partial charge in [0.15, 0.2) is 0 Å². The maximum atomic E-state index is 4.40. The quantitative estimate of drug-likeness (QED) is 0.822. The fourth-order valence-electron chi connectivity index (χ4n) is 3.15. The molecule has 0 aliphatic heterocycles. The molecule has 0 N–H and O–H groups in total. The molecule has 1 heterocycles. The number of benzene rings is 1. The number of nitrogens with zero attached hydrogens (tertiary/aromatic N) is 2. The van der Waals surface area contributed by atoms with Gasteiger partial charge in [0.25, 0.3) is 0 Å². The molecular weight excluding hydrogens is 308 g/mol. The molecule has 94 valence electrons. The van der Waals surface area contributed by atoms with Crippen LogP contribution in [0.3, 0.4) is 0 Å². The molecule has 1 aromatic carbocycles. The molecule has 0 unspecified atom stereocenters. The molecule has 0 amide bonds. The van der Waals surface area contributed by atoms with Gasteiger partial charge in [0, 0.05) is 14.8 Å². The Hall–Kier alpha value is -0.740. The van der Waals surface area contributed by atoms with Gasteiger partial charge < -0.3 is 0 Å². The zero-order chi connectivity index (χ0) is 12.8. The lowest BCUT2D eigenvalue weighted by atomic mass is 9.57. The lowest BCUT2D eigenvalue weighted by Gasteiger charge is -2.46. The lowest BCUT2D eigenvalue weighted by molar-refractivity contribution is 0.194. The number of hydrogen-bond donors (Lipinski definition) is 0. The summed E-state index contributed by atoms with van der Waals surface area (Å²) in [7, 11) is 0. The van der Waals surface area contributed by atoms with Crippen LogP contribution in [0.1, 0.15) is 35.9 Å². The summed E-state index contributed by atoms with van der Waals surface area (Å²) in [5.41, 5.74) is 2.65. The Labute approximate surface area is 120 Å². The first-order valence-electron chi connectivity index (χ1n) is 6.17. The topological polar surface area (TPSA) is 25.8 Å². The standard InChI is InChI=1S/C14H15BrN2S/c1-9-7-14(8-9,13-10(2)18-17-16-13)11-4-3-5-12(15)6-11/h3-6,9H,7-8H2,1-2H3. The van der Waals surface area contributed by atoms with E-state index in [9.17, 15) is 0 Å². The molecule has 1 aromatic heterocycles. The number of aryl methyl sites for hydroxylation is 1. The van der Waals surface area contributed by atoms with E-state index in [1.807, 2.05) is 0 Å². The zero-order valence-electron chi connectivity index (χ0n) is 10.5. The molecule has 0 bridgehead atoms. The average Bonchev–Trinajstić information content (AvgIpc) is 2.71. The summed E-state index contributed by atoms with van der Waals surface area (Å²) >= 11 is 5.08. The van der Waals surface area contributed by atoms with Crippen LogP contribution >= 0.6 is 27.5 Å². The van der Waals surface area contributed by atoms with Gasteiger partial charge in [-0.1, -0.05) is 39.5 Å². The Balaban J connectivity index is 2.11. The number of aromatic nitrogens is 2. The fourth-order valence-corrected chi connectivity index (χ4v) is 4.12. The van der Waals surface area contributed by atoms with Crippen molar-refractivity contribution in [1.82, 2.24) is 9.59 Å². The summed E-state index contributed by atoms with van der Waals surface area (Å²) in [5, 5.41) is 4.40. The summed E-state index contributed by atoms with van der Waals surface area (Å²) in [4.78, 5) is 1.25. The van der Waals surface area contributed by atoms with Gasteiger partial charge in [-0.2, -0.15) is 0 Å². The van der Waals surface area contributed by atoms with Crippen LogP contribution in [0.4, 0.5) is 0 Å². The lowest BCUT2D eigenvalue weighted by Crippen LogP contribution is -2.42. The molecule has 0 atom stereocenters. The Morgan fingerprint density at radius 2 is 2.17 bits per heavy atom. The van der Waals surface area contributed by atoms with Gasteiger partial charge in [-0.25, -0.2) is 0 Å². The number of halogens is 1. The van der Waals surface area contributed by atoms with E-state index in [1.54, 1.807) is 0 Å². The van der Waals surface area contributed by atoms with Crippen molar-refractivity contribution in [2.75, 3.05) is 0 Å². The minimum absolute atomic E-state index is 0.0975. The van der Waals surface area contributed by atoms with Gasteiger partial charge in [0.05, 0.1) is 5.69 Å². The van der Waals surface area contributed by atoms with Crippen LogP contribution < -0.4 is 0 Å². The molecule has 0 saturated heterocycles. The maximum Gasteiger partial charge on any atom is 0.0890 e. The second-order valence-corrected chi connectivity index (χ2v) is 7.16. The molecule has 1 aliphatic rings. The SMILES string of the molecule is Cc1snnc1C1(c2cccc(Br)c2)CC(C)C1. The summed E-state index contributed by atoms with van der Waals surface area (Å²) in [6.07, 6.45) is 2.35. The van der Waals surface area contributed by atoms with E-state index in [0.717, 1.165) is 10.4 Å². The molecular formula is C14H15BrN2S. The smallest absolute Gasteiger partial charge is 0.0890 e. The largest absolute Gasteiger partial charge is 0.142 e. The van der Waals surface area contributed by atoms with Crippen LogP contribution in [0.25, 0.3) is 0 Å². The normalized spacial score (nSPS) is 26.9. The van der Waals surface area contributed by atoms with E-state index < -0.39 is 0 Å². The monoisotopic (exact) mass is 322 g/mol. The van der Waals surface area contributed by atoms with Gasteiger partial charge in [0.1, 0.15) is 0 Å². The van der Waals surface area contributed by atoms with Gasteiger partial charge in [-0.3, -0.25) is 0 Å². The number of rotatable bonds is 2. The third-order valence-corrected chi connectivity index (χ3v) is 5.00. The molecule has 1 aliphatic carbocycles. The molecule has 3 rings (SSSR count). The minimum atomic E-state index is 0.0975. The highest BCUT2D eigenvalue weighted by atomic mass is 79.9. The predicted octanol–water partition coefficient (Wildman–Crippen LogP) is 4.33. The van der Waals surface area contributed by atoms with Crippen molar-refractivity contribution >= 4 is 27.5 Å². The highest BCUT2D eigenvalue weighted by Gasteiger charge is 2.47. The first-order valence-corrected chi connectivity index (χ1v) is 7.74. The van der Waals surface area contributed by atoms with E-state index in [0.29, 0.717) is 0 Å². The third-order valence-electron chi connectivity index (χ3n) is 3.88. The Morgan fingerprint density at radius 3 is 2.72 bits per heavy atom. The predicted molar refractivity (Wildman–Crippen MR) is 78.0 cm³/mol. The second kappa shape index (κ2) is 4.42. The first kappa shape index (κ1) is 12.3. The van der Waals surface area contributed by atoms with Gasteiger partial charge in [0.2, 0.25) is 0 Å². The van der Waals surface area contributed by atoms with Gasteiger partial charge >= 0.3 is 0 Å². The van der Waals surface area contributed by atoms with Crippen LogP contribution in [0, 0.1) is 12.8 Å². The first-order chi connectivity index (χ1) is 8.62. The summed E-state index contributed by atoms with van der Waals surface area (Å²) in [6, 6.07) is 8.63. The van der Waals surface area contributed by atoms with Crippen molar-refractivity contribution in [2.45, 2.75) is 32.1 Å². The molecule has 0 spiro atoms. The van der Waals surface area contributed by atoms with E-state index >= 15 is 0 Å². The molecule has 0 radical (unpaired) electrons. The van der Waals surface area contributed by atoms with Crippen molar-refractivity contribution in [2.24, 2.45) is 5.92 Å². The highest BCUT2D eigenvalue weighted by molar-refractivity contribution is 9.10. The van der Waals surface area contributed by atoms with Crippen molar-refractivity contribution in [3.8, 4) is 0 Å². The molecule has 1 fully saturated rings. The zero-order valence-corrected chi connectivity index (χ0v) is 12.9. The molecule has 1 saturated carbocycles. The maximum absolute atomic E-state index is 4.40. The highest BCUT2D eigenvalue weighted by Crippen LogP contribution is 2.52. The van der Waals surface area contributed by atoms with E-state index in [1.165, 1.54) is 40.5 Å². The van der Waals surface area contributed by atoms with Crippen LogP contribution in [0.2, 0.25) is 0 Å². The minimum Gasteiger partial charge on any atom is -0.142 e. The molecule has 18 heavy (non-hydrogen) atoms. The van der Waals surface area contributed by atoms with Crippen LogP contribution in [0.5, 0.6) is 0 Å². The summed E-state index contributed by atoms with van der Waals surface area (Å²) in [6.45, 7) is 4.44. The second-order valence-electron chi connectivity index (χ2n) is 5.28. The van der Waals surface area contributed by atoms with E-state index in [4.69, 9.17) is 0 Å². The molecule has 2 aromatic rings. The Bertz CT molecular complexity index is 573. The van der Waals surface area contributed by atoms with Crippen molar-refractivity contribution < 1.29 is 0 Å². The molecule has 2 nitrogen and oxygen atoms in total. The third kappa shape index (κ3) is 1.82. The van der Waals surface area contributed by atoms with Crippen LogP contribution in [0.15, 0.2) is 28.7 Å².